The van der Waals surface area contributed by atoms with Gasteiger partial charge in [0, 0.05) is 45.2 Å². The number of unbranched alkanes of at least 4 members (excludes halogenated alkanes) is 2. The van der Waals surface area contributed by atoms with Crippen molar-refractivity contribution in [3.05, 3.63) is 0 Å². The van der Waals surface area contributed by atoms with Gasteiger partial charge in [0.2, 0.25) is 23.6 Å². The van der Waals surface area contributed by atoms with Crippen molar-refractivity contribution >= 4 is 35.6 Å². The summed E-state index contributed by atoms with van der Waals surface area (Å²) in [5.41, 5.74) is 10.8. The van der Waals surface area contributed by atoms with Gasteiger partial charge in [0.25, 0.3) is 0 Å². The zero-order valence-corrected chi connectivity index (χ0v) is 28.5. The molecule has 6 N–H and O–H groups in total. The van der Waals surface area contributed by atoms with Gasteiger partial charge in [-0.2, -0.15) is 0 Å². The molecule has 0 aliphatic carbocycles. The molecule has 13 heteroatoms. The Morgan fingerprint density at radius 3 is 0.951 bits per heavy atom. The first-order valence-electron chi connectivity index (χ1n) is 14.5. The summed E-state index contributed by atoms with van der Waals surface area (Å²) in [5, 5.41) is 18.6. The van der Waals surface area contributed by atoms with Crippen molar-refractivity contribution in [1.29, 1.82) is 0 Å². The quantitative estimate of drug-likeness (QED) is 0.113. The molecule has 0 heterocycles. The molecule has 0 fully saturated rings. The number of carboxylic acids is 2. The first-order valence-corrected chi connectivity index (χ1v) is 14.5. The van der Waals surface area contributed by atoms with E-state index in [1.54, 1.807) is 0 Å². The number of nitrogens with zero attached hydrogens (tertiary/aromatic N) is 2. The summed E-state index contributed by atoms with van der Waals surface area (Å²) in [4.78, 5) is 72.9. The molecule has 0 aromatic carbocycles. The minimum absolute atomic E-state index is 0. The van der Waals surface area contributed by atoms with E-state index in [1.807, 2.05) is 27.7 Å². The van der Waals surface area contributed by atoms with Gasteiger partial charge in [0.15, 0.2) is 0 Å². The van der Waals surface area contributed by atoms with Gasteiger partial charge in [0.1, 0.15) is 12.1 Å². The average Bonchev–Trinajstić information content (AvgIpc) is 2.88. The first-order chi connectivity index (χ1) is 19.0. The van der Waals surface area contributed by atoms with Crippen molar-refractivity contribution in [1.82, 2.24) is 9.80 Å². The van der Waals surface area contributed by atoms with Gasteiger partial charge in [-0.25, -0.2) is 9.59 Å². The molecule has 12 nitrogen and oxygen atoms in total. The Morgan fingerprint density at radius 1 is 0.537 bits per heavy atom. The molecule has 234 valence electrons. The van der Waals surface area contributed by atoms with Crippen molar-refractivity contribution < 1.29 is 58.5 Å². The summed E-state index contributed by atoms with van der Waals surface area (Å²) >= 11 is 0. The molecular formula is C28H52N4O8Zn. The fraction of sp³-hybridized carbons (Fsp3) is 0.786. The van der Waals surface area contributed by atoms with Crippen LogP contribution in [0.25, 0.3) is 0 Å². The second-order valence-corrected chi connectivity index (χ2v) is 9.59. The Balaban J connectivity index is -0.000000688. The monoisotopic (exact) mass is 636 g/mol. The van der Waals surface area contributed by atoms with E-state index in [1.165, 1.54) is 0 Å². The maximum Gasteiger partial charge on any atom is 0.326 e. The van der Waals surface area contributed by atoms with Crippen LogP contribution in [-0.2, 0) is 48.2 Å². The molecule has 41 heavy (non-hydrogen) atoms. The van der Waals surface area contributed by atoms with Crippen molar-refractivity contribution in [3.8, 4) is 0 Å². The van der Waals surface area contributed by atoms with Crippen LogP contribution in [0.5, 0.6) is 0 Å². The van der Waals surface area contributed by atoms with Crippen LogP contribution in [0.2, 0.25) is 0 Å². The fourth-order valence-electron chi connectivity index (χ4n) is 4.00. The Hall–Kier alpha value is -2.24. The molecule has 0 radical (unpaired) electrons. The molecule has 0 aromatic heterocycles. The molecule has 0 spiro atoms. The number of hydrogen-bond acceptors (Lipinski definition) is 8. The number of rotatable bonds is 20. The van der Waals surface area contributed by atoms with Crippen molar-refractivity contribution in [3.63, 3.8) is 0 Å². The molecule has 0 aliphatic rings. The number of imide groups is 2. The van der Waals surface area contributed by atoms with Gasteiger partial charge in [0.05, 0.1) is 0 Å². The first kappa shape index (κ1) is 43.2. The number of carbonyl (C=O) groups is 6. The van der Waals surface area contributed by atoms with Crippen LogP contribution in [0, 0.1) is 0 Å². The molecule has 0 aliphatic heterocycles. The van der Waals surface area contributed by atoms with Crippen LogP contribution in [0.15, 0.2) is 0 Å². The largest absolute Gasteiger partial charge is 0.480 e. The Morgan fingerprint density at radius 2 is 0.780 bits per heavy atom. The van der Waals surface area contributed by atoms with Crippen LogP contribution >= 0.6 is 0 Å². The van der Waals surface area contributed by atoms with Gasteiger partial charge >= 0.3 is 11.9 Å². The Labute approximate surface area is 257 Å². The maximum atomic E-state index is 12.1. The van der Waals surface area contributed by atoms with Gasteiger partial charge in [-0.3, -0.25) is 29.0 Å². The molecule has 4 amide bonds. The summed E-state index contributed by atoms with van der Waals surface area (Å²) in [6.07, 6.45) is 6.17. The molecule has 0 rings (SSSR count). The number of nitrogens with two attached hydrogens (primary N) is 2. The van der Waals surface area contributed by atoms with Crippen LogP contribution in [0.1, 0.15) is 118 Å². The Bertz CT molecular complexity index is 697. The second kappa shape index (κ2) is 26.6. The predicted molar refractivity (Wildman–Crippen MR) is 152 cm³/mol. The van der Waals surface area contributed by atoms with Crippen LogP contribution < -0.4 is 11.5 Å². The van der Waals surface area contributed by atoms with E-state index in [-0.39, 0.29) is 58.0 Å². The van der Waals surface area contributed by atoms with Gasteiger partial charge < -0.3 is 21.7 Å². The second-order valence-electron chi connectivity index (χ2n) is 9.59. The fourth-order valence-corrected chi connectivity index (χ4v) is 4.00. The van der Waals surface area contributed by atoms with E-state index >= 15 is 0 Å². The third kappa shape index (κ3) is 18.0. The molecule has 2 atom stereocenters. The minimum Gasteiger partial charge on any atom is -0.480 e. The smallest absolute Gasteiger partial charge is 0.326 e. The molecular weight excluding hydrogens is 586 g/mol. The Kier molecular flexibility index (Phi) is 28.1. The SMILES string of the molecule is CCCC(=O)N(C(=O)CCC)[C@@H](CCCCN)C(=O)O.CCCC(=O)N(C(=O)CCC)[C@@H](CCCCN)C(=O)O.[Zn]. The van der Waals surface area contributed by atoms with E-state index in [0.29, 0.717) is 64.5 Å². The third-order valence-corrected chi connectivity index (χ3v) is 5.99. The third-order valence-electron chi connectivity index (χ3n) is 5.99. The van der Waals surface area contributed by atoms with Crippen molar-refractivity contribution in [2.45, 2.75) is 130 Å². The van der Waals surface area contributed by atoms with E-state index in [9.17, 15) is 39.0 Å². The summed E-state index contributed by atoms with van der Waals surface area (Å²) in [6.45, 7) is 8.24. The van der Waals surface area contributed by atoms with E-state index in [4.69, 9.17) is 11.5 Å². The number of carbonyl (C=O) groups excluding carboxylic acids is 4. The average molecular weight is 638 g/mol. The topological polar surface area (TPSA) is 201 Å². The van der Waals surface area contributed by atoms with Gasteiger partial charge in [-0.15, -0.1) is 0 Å². The van der Waals surface area contributed by atoms with E-state index in [0.717, 1.165) is 9.80 Å². The standard InChI is InChI=1S/2C14H26N2O4.Zn/c2*1-3-7-12(17)16(13(18)8-4-2)11(14(19)20)9-5-6-10-15;/h2*11H,3-10,15H2,1-2H3,(H,19,20);/t2*11-;/m00./s1. The van der Waals surface area contributed by atoms with Crippen LogP contribution in [0.3, 0.4) is 0 Å². The summed E-state index contributed by atoms with van der Waals surface area (Å²) in [6, 6.07) is -2.14. The number of carboxylic acid groups (broad SMARTS) is 2. The van der Waals surface area contributed by atoms with Crippen LogP contribution in [-0.4, -0.2) is 80.8 Å². The minimum atomic E-state index is -1.13. The number of amides is 4. The van der Waals surface area contributed by atoms with E-state index < -0.39 is 47.7 Å². The normalized spacial score (nSPS) is 11.7. The number of aliphatic carboxylic acids is 2. The van der Waals surface area contributed by atoms with Gasteiger partial charge in [-0.1, -0.05) is 27.7 Å². The molecule has 0 saturated carbocycles. The van der Waals surface area contributed by atoms with Crippen molar-refractivity contribution in [2.24, 2.45) is 11.5 Å². The predicted octanol–water partition coefficient (Wildman–Crippen LogP) is 3.05. The van der Waals surface area contributed by atoms with Crippen LogP contribution in [0.4, 0.5) is 0 Å². The molecule has 0 saturated heterocycles. The number of hydrogen-bond donors (Lipinski definition) is 4. The maximum absolute atomic E-state index is 12.1. The zero-order valence-electron chi connectivity index (χ0n) is 25.6. The van der Waals surface area contributed by atoms with Crippen molar-refractivity contribution in [2.75, 3.05) is 13.1 Å². The summed E-state index contributed by atoms with van der Waals surface area (Å²) in [7, 11) is 0. The summed E-state index contributed by atoms with van der Waals surface area (Å²) < 4.78 is 0. The zero-order chi connectivity index (χ0) is 31.1. The molecule has 0 aromatic rings. The van der Waals surface area contributed by atoms with Gasteiger partial charge in [-0.05, 0) is 77.3 Å². The molecule has 0 bridgehead atoms. The van der Waals surface area contributed by atoms with E-state index in [2.05, 4.69) is 0 Å². The molecule has 0 unspecified atom stereocenters. The summed E-state index contributed by atoms with van der Waals surface area (Å²) in [5.74, 6) is -3.85.